The Labute approximate surface area is 76.4 Å². The Bertz CT molecular complexity index is 444. The fourth-order valence-corrected chi connectivity index (χ4v) is 1.34. The van der Waals surface area contributed by atoms with Gasteiger partial charge >= 0.3 is 0 Å². The molecule has 0 bridgehead atoms. The van der Waals surface area contributed by atoms with Crippen LogP contribution in [0.2, 0.25) is 0 Å². The quantitative estimate of drug-likeness (QED) is 0.697. The lowest BCUT2D eigenvalue weighted by atomic mass is 10.3. The van der Waals surface area contributed by atoms with E-state index in [9.17, 15) is 0 Å². The first-order valence-electron chi connectivity index (χ1n) is 4.20. The summed E-state index contributed by atoms with van der Waals surface area (Å²) in [7, 11) is 1.96. The van der Waals surface area contributed by atoms with E-state index in [2.05, 4.69) is 9.97 Å². The highest BCUT2D eigenvalue weighted by Crippen LogP contribution is 2.12. The molecule has 2 heterocycles. The van der Waals surface area contributed by atoms with E-state index in [0.29, 0.717) is 6.54 Å². The number of fused-ring (bicyclic) bond motifs is 1. The van der Waals surface area contributed by atoms with Crippen molar-refractivity contribution in [3.05, 3.63) is 23.7 Å². The number of rotatable bonds is 1. The van der Waals surface area contributed by atoms with E-state index < -0.39 is 0 Å². The van der Waals surface area contributed by atoms with Gasteiger partial charge in [-0.2, -0.15) is 0 Å². The van der Waals surface area contributed by atoms with Crippen molar-refractivity contribution in [2.24, 2.45) is 12.8 Å². The first kappa shape index (κ1) is 8.19. The predicted molar refractivity (Wildman–Crippen MR) is 51.1 cm³/mol. The largest absolute Gasteiger partial charge is 0.326 e. The molecule has 4 nitrogen and oxygen atoms in total. The molecule has 2 aromatic heterocycles. The standard InChI is InChI=1S/C9H12N4/c1-6-12-8-3-7(4-10)5-11-9(8)13(6)2/h3,5H,4,10H2,1-2H3. The summed E-state index contributed by atoms with van der Waals surface area (Å²) in [5.41, 5.74) is 8.36. The maximum absolute atomic E-state index is 5.51. The number of imidazole rings is 1. The molecule has 2 N–H and O–H groups in total. The monoisotopic (exact) mass is 176 g/mol. The lowest BCUT2D eigenvalue weighted by Crippen LogP contribution is -1.97. The minimum Gasteiger partial charge on any atom is -0.326 e. The Kier molecular flexibility index (Phi) is 1.77. The Morgan fingerprint density at radius 2 is 2.31 bits per heavy atom. The van der Waals surface area contributed by atoms with Crippen LogP contribution in [0.1, 0.15) is 11.4 Å². The van der Waals surface area contributed by atoms with Crippen molar-refractivity contribution in [2.75, 3.05) is 0 Å². The van der Waals surface area contributed by atoms with Gasteiger partial charge in [0.25, 0.3) is 0 Å². The van der Waals surface area contributed by atoms with Crippen molar-refractivity contribution < 1.29 is 0 Å². The van der Waals surface area contributed by atoms with Gasteiger partial charge in [-0.15, -0.1) is 0 Å². The maximum Gasteiger partial charge on any atom is 0.159 e. The maximum atomic E-state index is 5.51. The number of nitrogens with two attached hydrogens (primary N) is 1. The van der Waals surface area contributed by atoms with E-state index in [4.69, 9.17) is 5.73 Å². The van der Waals surface area contributed by atoms with Crippen LogP contribution in [0.3, 0.4) is 0 Å². The number of aryl methyl sites for hydroxylation is 2. The molecule has 0 amide bonds. The van der Waals surface area contributed by atoms with Crippen molar-refractivity contribution in [1.29, 1.82) is 0 Å². The molecule has 13 heavy (non-hydrogen) atoms. The van der Waals surface area contributed by atoms with Crippen LogP contribution in [0.15, 0.2) is 12.3 Å². The van der Waals surface area contributed by atoms with Gasteiger partial charge in [0.15, 0.2) is 5.65 Å². The molecule has 0 spiro atoms. The highest BCUT2D eigenvalue weighted by Gasteiger charge is 2.04. The normalized spacial score (nSPS) is 11.0. The van der Waals surface area contributed by atoms with Gasteiger partial charge in [-0.3, -0.25) is 0 Å². The molecule has 0 aromatic carbocycles. The summed E-state index contributed by atoms with van der Waals surface area (Å²) in [6.07, 6.45) is 1.80. The highest BCUT2D eigenvalue weighted by atomic mass is 15.1. The number of pyridine rings is 1. The molecule has 0 saturated carbocycles. The number of aromatic nitrogens is 3. The second-order valence-electron chi connectivity index (χ2n) is 3.11. The third-order valence-electron chi connectivity index (χ3n) is 2.22. The van der Waals surface area contributed by atoms with E-state index in [1.54, 1.807) is 6.20 Å². The van der Waals surface area contributed by atoms with E-state index in [1.165, 1.54) is 0 Å². The lowest BCUT2D eigenvalue weighted by Gasteiger charge is -1.96. The molecule has 4 heteroatoms. The van der Waals surface area contributed by atoms with Crippen LogP contribution >= 0.6 is 0 Å². The van der Waals surface area contributed by atoms with E-state index in [1.807, 2.05) is 24.6 Å². The molecule has 68 valence electrons. The van der Waals surface area contributed by atoms with Gasteiger partial charge < -0.3 is 10.3 Å². The summed E-state index contributed by atoms with van der Waals surface area (Å²) >= 11 is 0. The second kappa shape index (κ2) is 2.81. The average Bonchev–Trinajstić information content (AvgIpc) is 2.42. The summed E-state index contributed by atoms with van der Waals surface area (Å²) in [6, 6.07) is 1.98. The second-order valence-corrected chi connectivity index (χ2v) is 3.11. The first-order chi connectivity index (χ1) is 6.22. The lowest BCUT2D eigenvalue weighted by molar-refractivity contribution is 0.873. The molecular weight excluding hydrogens is 164 g/mol. The SMILES string of the molecule is Cc1nc2cc(CN)cnc2n1C. The number of hydrogen-bond donors (Lipinski definition) is 1. The van der Waals surface area contributed by atoms with Crippen molar-refractivity contribution in [2.45, 2.75) is 13.5 Å². The Morgan fingerprint density at radius 3 is 3.00 bits per heavy atom. The summed E-state index contributed by atoms with van der Waals surface area (Å²) in [4.78, 5) is 8.66. The molecule has 0 aliphatic carbocycles. The fraction of sp³-hybridized carbons (Fsp3) is 0.333. The third kappa shape index (κ3) is 1.19. The van der Waals surface area contributed by atoms with Gasteiger partial charge in [0.1, 0.15) is 11.3 Å². The summed E-state index contributed by atoms with van der Waals surface area (Å²) in [6.45, 7) is 2.47. The van der Waals surface area contributed by atoms with E-state index >= 15 is 0 Å². The van der Waals surface area contributed by atoms with Crippen LogP contribution in [0, 0.1) is 6.92 Å². The minimum absolute atomic E-state index is 0.512. The van der Waals surface area contributed by atoms with Crippen molar-refractivity contribution in [3.63, 3.8) is 0 Å². The molecule has 0 unspecified atom stereocenters. The zero-order valence-electron chi connectivity index (χ0n) is 7.78. The van der Waals surface area contributed by atoms with Gasteiger partial charge in [0.2, 0.25) is 0 Å². The van der Waals surface area contributed by atoms with Crippen LogP contribution in [0.25, 0.3) is 11.2 Å². The molecule has 0 radical (unpaired) electrons. The number of hydrogen-bond acceptors (Lipinski definition) is 3. The molecular formula is C9H12N4. The van der Waals surface area contributed by atoms with Crippen molar-refractivity contribution >= 4 is 11.2 Å². The molecule has 2 rings (SSSR count). The zero-order chi connectivity index (χ0) is 9.42. The summed E-state index contributed by atoms with van der Waals surface area (Å²) < 4.78 is 1.97. The molecule has 0 aliphatic rings. The van der Waals surface area contributed by atoms with Crippen LogP contribution in [0.4, 0.5) is 0 Å². The minimum atomic E-state index is 0.512. The molecule has 2 aromatic rings. The Hall–Kier alpha value is -1.42. The smallest absolute Gasteiger partial charge is 0.159 e. The van der Waals surface area contributed by atoms with Crippen LogP contribution in [-0.2, 0) is 13.6 Å². The first-order valence-corrected chi connectivity index (χ1v) is 4.20. The van der Waals surface area contributed by atoms with Crippen LogP contribution in [0.5, 0.6) is 0 Å². The van der Waals surface area contributed by atoms with Gasteiger partial charge in [-0.1, -0.05) is 0 Å². The predicted octanol–water partition coefficient (Wildman–Crippen LogP) is 0.735. The van der Waals surface area contributed by atoms with Gasteiger partial charge in [-0.25, -0.2) is 9.97 Å². The Balaban J connectivity index is 2.73. The van der Waals surface area contributed by atoms with E-state index in [-0.39, 0.29) is 0 Å². The molecule has 0 aliphatic heterocycles. The highest BCUT2D eigenvalue weighted by molar-refractivity contribution is 5.71. The third-order valence-corrected chi connectivity index (χ3v) is 2.22. The van der Waals surface area contributed by atoms with Gasteiger partial charge in [0, 0.05) is 19.8 Å². The fourth-order valence-electron chi connectivity index (χ4n) is 1.34. The van der Waals surface area contributed by atoms with Gasteiger partial charge in [0.05, 0.1) is 0 Å². The van der Waals surface area contributed by atoms with Gasteiger partial charge in [-0.05, 0) is 18.6 Å². The average molecular weight is 176 g/mol. The topological polar surface area (TPSA) is 56.7 Å². The van der Waals surface area contributed by atoms with Crippen molar-refractivity contribution in [1.82, 2.24) is 14.5 Å². The Morgan fingerprint density at radius 1 is 1.54 bits per heavy atom. The number of nitrogens with zero attached hydrogens (tertiary/aromatic N) is 3. The zero-order valence-corrected chi connectivity index (χ0v) is 7.78. The molecule has 0 fully saturated rings. The summed E-state index contributed by atoms with van der Waals surface area (Å²) in [5.74, 6) is 0.969. The molecule has 0 saturated heterocycles. The summed E-state index contributed by atoms with van der Waals surface area (Å²) in [5, 5.41) is 0. The van der Waals surface area contributed by atoms with E-state index in [0.717, 1.165) is 22.6 Å². The molecule has 0 atom stereocenters. The van der Waals surface area contributed by atoms with Crippen LogP contribution in [-0.4, -0.2) is 14.5 Å². The van der Waals surface area contributed by atoms with Crippen molar-refractivity contribution in [3.8, 4) is 0 Å². The van der Waals surface area contributed by atoms with Crippen LogP contribution < -0.4 is 5.73 Å².